The fraction of sp³-hybridized carbons (Fsp3) is 0.333. The van der Waals surface area contributed by atoms with E-state index in [-0.39, 0.29) is 6.04 Å². The monoisotopic (exact) mass is 344 g/mol. The molecule has 3 rings (SSSR count). The molecule has 0 amide bonds. The van der Waals surface area contributed by atoms with Crippen molar-refractivity contribution in [3.63, 3.8) is 0 Å². The van der Waals surface area contributed by atoms with Gasteiger partial charge in [0.2, 0.25) is 0 Å². The fourth-order valence-corrected chi connectivity index (χ4v) is 3.70. The molecule has 0 spiro atoms. The van der Waals surface area contributed by atoms with E-state index >= 15 is 0 Å². The van der Waals surface area contributed by atoms with E-state index in [1.807, 2.05) is 0 Å². The predicted molar refractivity (Wildman–Crippen MR) is 91.1 cm³/mol. The Morgan fingerprint density at radius 1 is 1.14 bits per heavy atom. The fourth-order valence-electron chi connectivity index (χ4n) is 3.18. The van der Waals surface area contributed by atoms with Gasteiger partial charge in [0.15, 0.2) is 0 Å². The largest absolute Gasteiger partial charge is 0.271 e. The van der Waals surface area contributed by atoms with Gasteiger partial charge in [-0.15, -0.1) is 0 Å². The third kappa shape index (κ3) is 3.20. The van der Waals surface area contributed by atoms with Crippen LogP contribution in [0.5, 0.6) is 0 Å². The summed E-state index contributed by atoms with van der Waals surface area (Å²) in [5.74, 6) is 5.81. The highest BCUT2D eigenvalue weighted by Crippen LogP contribution is 2.29. The molecular weight excluding hydrogens is 324 g/mol. The molecule has 0 bridgehead atoms. The first-order valence-corrected chi connectivity index (χ1v) is 8.29. The summed E-state index contributed by atoms with van der Waals surface area (Å²) in [7, 11) is 0. The van der Waals surface area contributed by atoms with Gasteiger partial charge in [-0.25, -0.2) is 0 Å². The topological polar surface area (TPSA) is 38.0 Å². The van der Waals surface area contributed by atoms with Crippen molar-refractivity contribution in [2.45, 2.75) is 38.6 Å². The number of nitrogens with one attached hydrogen (secondary N) is 1. The van der Waals surface area contributed by atoms with Crippen molar-refractivity contribution in [1.29, 1.82) is 0 Å². The Balaban J connectivity index is 1.86. The Hall–Kier alpha value is -1.16. The molecule has 2 aromatic rings. The van der Waals surface area contributed by atoms with Gasteiger partial charge in [-0.3, -0.25) is 11.3 Å². The van der Waals surface area contributed by atoms with Crippen molar-refractivity contribution < 1.29 is 0 Å². The number of benzene rings is 2. The first kappa shape index (κ1) is 14.8. The molecule has 0 aromatic heterocycles. The molecule has 110 valence electrons. The number of nitrogens with two attached hydrogens (primary N) is 1. The van der Waals surface area contributed by atoms with Crippen LogP contribution in [0.4, 0.5) is 0 Å². The summed E-state index contributed by atoms with van der Waals surface area (Å²) >= 11 is 3.64. The molecule has 0 saturated heterocycles. The maximum Gasteiger partial charge on any atom is 0.0511 e. The number of hydrogen-bond donors (Lipinski definition) is 2. The second-order valence-corrected chi connectivity index (χ2v) is 6.76. The number of rotatable bonds is 4. The van der Waals surface area contributed by atoms with Crippen molar-refractivity contribution in [2.24, 2.45) is 5.84 Å². The Labute approximate surface area is 134 Å². The lowest BCUT2D eigenvalue weighted by Gasteiger charge is -2.19. The molecule has 1 unspecified atom stereocenters. The zero-order chi connectivity index (χ0) is 14.8. The number of halogens is 1. The van der Waals surface area contributed by atoms with Crippen LogP contribution in [0.15, 0.2) is 40.9 Å². The summed E-state index contributed by atoms with van der Waals surface area (Å²) in [5.41, 5.74) is 9.84. The number of aryl methyl sites for hydroxylation is 3. The maximum atomic E-state index is 5.81. The van der Waals surface area contributed by atoms with Gasteiger partial charge in [-0.2, -0.15) is 0 Å². The van der Waals surface area contributed by atoms with Crippen LogP contribution in [0.1, 0.15) is 40.3 Å². The smallest absolute Gasteiger partial charge is 0.0511 e. The Bertz CT molecular complexity index is 652. The molecule has 1 atom stereocenters. The first-order chi connectivity index (χ1) is 10.2. The highest BCUT2D eigenvalue weighted by Gasteiger charge is 2.16. The van der Waals surface area contributed by atoms with Crippen LogP contribution in [0, 0.1) is 6.92 Å². The van der Waals surface area contributed by atoms with Crippen LogP contribution in [-0.4, -0.2) is 0 Å². The standard InChI is InChI=1S/C18H21BrN2/c1-12-5-8-17(19)16(9-12)18(21-20)11-13-6-7-14-3-2-4-15(14)10-13/h5-10,18,21H,2-4,11,20H2,1H3. The third-order valence-electron chi connectivity index (χ3n) is 4.33. The second kappa shape index (κ2) is 6.30. The van der Waals surface area contributed by atoms with E-state index in [9.17, 15) is 0 Å². The average molecular weight is 345 g/mol. The molecule has 2 nitrogen and oxygen atoms in total. The molecule has 0 heterocycles. The summed E-state index contributed by atoms with van der Waals surface area (Å²) in [6.45, 7) is 2.11. The van der Waals surface area contributed by atoms with Crippen LogP contribution in [0.3, 0.4) is 0 Å². The van der Waals surface area contributed by atoms with Gasteiger partial charge in [0.25, 0.3) is 0 Å². The summed E-state index contributed by atoms with van der Waals surface area (Å²) in [4.78, 5) is 0. The summed E-state index contributed by atoms with van der Waals surface area (Å²) < 4.78 is 1.11. The summed E-state index contributed by atoms with van der Waals surface area (Å²) in [5, 5.41) is 0. The number of hydrazine groups is 1. The van der Waals surface area contributed by atoms with Crippen LogP contribution < -0.4 is 11.3 Å². The van der Waals surface area contributed by atoms with Gasteiger partial charge in [0, 0.05) is 4.47 Å². The minimum absolute atomic E-state index is 0.124. The Morgan fingerprint density at radius 2 is 1.95 bits per heavy atom. The lowest BCUT2D eigenvalue weighted by Crippen LogP contribution is -2.30. The van der Waals surface area contributed by atoms with Gasteiger partial charge < -0.3 is 0 Å². The minimum Gasteiger partial charge on any atom is -0.271 e. The van der Waals surface area contributed by atoms with Gasteiger partial charge in [-0.1, -0.05) is 51.8 Å². The van der Waals surface area contributed by atoms with E-state index in [0.717, 1.165) is 10.9 Å². The molecule has 0 fully saturated rings. The molecule has 2 aromatic carbocycles. The number of fused-ring (bicyclic) bond motifs is 1. The lowest BCUT2D eigenvalue weighted by molar-refractivity contribution is 0.549. The van der Waals surface area contributed by atoms with Gasteiger partial charge in [0.1, 0.15) is 0 Å². The van der Waals surface area contributed by atoms with E-state index < -0.39 is 0 Å². The SMILES string of the molecule is Cc1ccc(Br)c(C(Cc2ccc3c(c2)CCC3)NN)c1. The van der Waals surface area contributed by atoms with Crippen LogP contribution >= 0.6 is 15.9 Å². The Morgan fingerprint density at radius 3 is 2.76 bits per heavy atom. The maximum absolute atomic E-state index is 5.81. The molecular formula is C18H21BrN2. The van der Waals surface area contributed by atoms with Crippen molar-refractivity contribution >= 4 is 15.9 Å². The molecule has 1 aliphatic rings. The zero-order valence-electron chi connectivity index (χ0n) is 12.3. The third-order valence-corrected chi connectivity index (χ3v) is 5.05. The van der Waals surface area contributed by atoms with E-state index in [2.05, 4.69) is 64.7 Å². The Kier molecular flexibility index (Phi) is 4.43. The van der Waals surface area contributed by atoms with E-state index in [4.69, 9.17) is 5.84 Å². The minimum atomic E-state index is 0.124. The zero-order valence-corrected chi connectivity index (χ0v) is 13.9. The van der Waals surface area contributed by atoms with Crippen molar-refractivity contribution in [1.82, 2.24) is 5.43 Å². The molecule has 21 heavy (non-hydrogen) atoms. The van der Waals surface area contributed by atoms with Crippen molar-refractivity contribution in [3.8, 4) is 0 Å². The second-order valence-electron chi connectivity index (χ2n) is 5.90. The van der Waals surface area contributed by atoms with Crippen molar-refractivity contribution in [2.75, 3.05) is 0 Å². The predicted octanol–water partition coefficient (Wildman–Crippen LogP) is 3.99. The highest BCUT2D eigenvalue weighted by atomic mass is 79.9. The molecule has 0 aliphatic heterocycles. The first-order valence-electron chi connectivity index (χ1n) is 7.50. The summed E-state index contributed by atoms with van der Waals surface area (Å²) in [6, 6.07) is 13.4. The van der Waals surface area contributed by atoms with Crippen LogP contribution in [0.2, 0.25) is 0 Å². The van der Waals surface area contributed by atoms with Gasteiger partial charge in [0.05, 0.1) is 6.04 Å². The molecule has 0 saturated carbocycles. The molecule has 3 N–H and O–H groups in total. The van der Waals surface area contributed by atoms with Gasteiger partial charge >= 0.3 is 0 Å². The molecule has 0 radical (unpaired) electrons. The summed E-state index contributed by atoms with van der Waals surface area (Å²) in [6.07, 6.45) is 4.66. The van der Waals surface area contributed by atoms with Crippen LogP contribution in [-0.2, 0) is 19.3 Å². The molecule has 1 aliphatic carbocycles. The van der Waals surface area contributed by atoms with Crippen molar-refractivity contribution in [3.05, 3.63) is 68.7 Å². The van der Waals surface area contributed by atoms with E-state index in [1.165, 1.54) is 47.1 Å². The molecule has 3 heteroatoms. The van der Waals surface area contributed by atoms with E-state index in [0.29, 0.717) is 0 Å². The normalized spacial score (nSPS) is 15.0. The quantitative estimate of drug-likeness (QED) is 0.649. The highest BCUT2D eigenvalue weighted by molar-refractivity contribution is 9.10. The lowest BCUT2D eigenvalue weighted by atomic mass is 9.96. The van der Waals surface area contributed by atoms with Gasteiger partial charge in [-0.05, 0) is 60.9 Å². The van der Waals surface area contributed by atoms with Crippen LogP contribution in [0.25, 0.3) is 0 Å². The average Bonchev–Trinajstić information content (AvgIpc) is 2.95. The van der Waals surface area contributed by atoms with E-state index in [1.54, 1.807) is 0 Å². The number of hydrogen-bond acceptors (Lipinski definition) is 2.